The van der Waals surface area contributed by atoms with E-state index in [1.165, 1.54) is 43.9 Å². The molecule has 0 spiro atoms. The zero-order valence-corrected chi connectivity index (χ0v) is 36.2. The molecule has 0 saturated carbocycles. The zero-order chi connectivity index (χ0) is 41.8. The molecule has 3 aromatic rings. The quantitative estimate of drug-likeness (QED) is 0.0652. The lowest BCUT2D eigenvalue weighted by Crippen LogP contribution is -2.25. The average molecular weight is 789 g/mol. The van der Waals surface area contributed by atoms with E-state index in [4.69, 9.17) is 9.47 Å². The van der Waals surface area contributed by atoms with Crippen LogP contribution in [0.5, 0.6) is 0 Å². The fourth-order valence-electron chi connectivity index (χ4n) is 9.18. The van der Waals surface area contributed by atoms with Gasteiger partial charge in [0.2, 0.25) is 0 Å². The van der Waals surface area contributed by atoms with E-state index in [-0.39, 0.29) is 36.6 Å². The van der Waals surface area contributed by atoms with Crippen LogP contribution in [0.4, 0.5) is 0 Å². The molecule has 4 atom stereocenters. The molecular weight excluding hydrogens is 725 g/mol. The Bertz CT molecular complexity index is 2290. The first kappa shape index (κ1) is 42.6. The minimum absolute atomic E-state index is 0.0803. The number of nitrogens with one attached hydrogen (secondary N) is 4. The van der Waals surface area contributed by atoms with E-state index in [9.17, 15) is 14.4 Å². The topological polar surface area (TPSA) is 129 Å². The molecule has 310 valence electrons. The molecule has 2 aliphatic heterocycles. The standard InChI is InChI=1S/C49H64N4O5/c1-11-33-23-34-24-37-31(8)36(19-20-42(54)58-22-21-29(6)18-14-17-28(5)16-13-15-27(3)4)46(52-37)44-45(49(56)57-10)48(55)43-32(9)39(53-47(43)44)26-41-35(12-2)30(7)38(51-41)25-40(33)50-34/h11,21,23-28,31,36,45,50-53H,1,12-20,22H2,2-10H3/b29-21+,37-24-,38-25-,41-26-,46-44-/t28-,31+,36+,45-/m1/s1. The third kappa shape index (κ3) is 8.84. The number of rotatable bonds is 16. The van der Waals surface area contributed by atoms with Crippen molar-refractivity contribution in [1.82, 2.24) is 20.3 Å². The van der Waals surface area contributed by atoms with Crippen LogP contribution in [0.1, 0.15) is 148 Å². The number of hydrogen-bond acceptors (Lipinski definition) is 6. The Morgan fingerprint density at radius 2 is 1.69 bits per heavy atom. The maximum absolute atomic E-state index is 14.3. The van der Waals surface area contributed by atoms with Crippen LogP contribution in [-0.4, -0.2) is 46.4 Å². The Morgan fingerprint density at radius 1 is 0.948 bits per heavy atom. The Labute approximate surface area is 344 Å². The van der Waals surface area contributed by atoms with Gasteiger partial charge in [-0.2, -0.15) is 0 Å². The number of methoxy groups -OCH3 is 1. The molecule has 0 radical (unpaired) electrons. The molecule has 3 aliphatic rings. The lowest BCUT2D eigenvalue weighted by molar-refractivity contribution is -0.143. The van der Waals surface area contributed by atoms with Crippen LogP contribution in [0.25, 0.3) is 29.9 Å². The van der Waals surface area contributed by atoms with Gasteiger partial charge in [-0.1, -0.05) is 78.5 Å². The number of Topliss-reactive ketones (excluding diaryl/α,β-unsaturated/α-hetero) is 1. The van der Waals surface area contributed by atoms with Crippen molar-refractivity contribution < 1.29 is 23.9 Å². The highest BCUT2D eigenvalue weighted by atomic mass is 16.5. The Balaban J connectivity index is 1.31. The Kier molecular flexibility index (Phi) is 13.4. The van der Waals surface area contributed by atoms with Crippen LogP contribution in [0.3, 0.4) is 0 Å². The summed E-state index contributed by atoms with van der Waals surface area (Å²) in [6, 6.07) is 2.07. The molecule has 0 unspecified atom stereocenters. The number of carbonyl (C=O) groups excluding carboxylic acids is 3. The second-order valence-corrected chi connectivity index (χ2v) is 17.3. The molecule has 4 N–H and O–H groups in total. The van der Waals surface area contributed by atoms with Crippen molar-refractivity contribution in [3.05, 3.63) is 97.0 Å². The summed E-state index contributed by atoms with van der Waals surface area (Å²) < 4.78 is 11.0. The van der Waals surface area contributed by atoms with Gasteiger partial charge < -0.3 is 29.7 Å². The van der Waals surface area contributed by atoms with Gasteiger partial charge in [0.1, 0.15) is 12.5 Å². The van der Waals surface area contributed by atoms with Crippen LogP contribution in [0.15, 0.2) is 35.7 Å². The lowest BCUT2D eigenvalue weighted by atomic mass is 9.85. The van der Waals surface area contributed by atoms with Gasteiger partial charge >= 0.3 is 11.9 Å². The second kappa shape index (κ2) is 18.3. The molecule has 0 amide bonds. The van der Waals surface area contributed by atoms with Crippen LogP contribution < -0.4 is 16.0 Å². The summed E-state index contributed by atoms with van der Waals surface area (Å²) >= 11 is 0. The molecule has 6 rings (SSSR count). The molecule has 3 aromatic heterocycles. The summed E-state index contributed by atoms with van der Waals surface area (Å²) in [7, 11) is 1.32. The monoisotopic (exact) mass is 788 g/mol. The maximum Gasteiger partial charge on any atom is 0.321 e. The number of allylic oxidation sites excluding steroid dienone is 3. The fourth-order valence-corrected chi connectivity index (χ4v) is 9.18. The predicted octanol–water partition coefficient (Wildman–Crippen LogP) is 8.96. The van der Waals surface area contributed by atoms with E-state index in [0.717, 1.165) is 87.0 Å². The normalized spacial score (nSPS) is 22.4. The number of ether oxygens (including phenoxy) is 2. The highest BCUT2D eigenvalue weighted by Gasteiger charge is 2.48. The van der Waals surface area contributed by atoms with E-state index in [1.54, 1.807) is 0 Å². The molecule has 1 saturated heterocycles. The van der Waals surface area contributed by atoms with Crippen molar-refractivity contribution in [1.29, 1.82) is 0 Å². The number of aromatic amines is 3. The Morgan fingerprint density at radius 3 is 2.40 bits per heavy atom. The highest BCUT2D eigenvalue weighted by Crippen LogP contribution is 2.48. The second-order valence-electron chi connectivity index (χ2n) is 17.3. The van der Waals surface area contributed by atoms with Gasteiger partial charge in [0.05, 0.1) is 12.8 Å². The largest absolute Gasteiger partial charge is 0.468 e. The molecule has 9 heteroatoms. The number of H-pyrrole nitrogens is 3. The van der Waals surface area contributed by atoms with Crippen molar-refractivity contribution in [2.24, 2.45) is 29.6 Å². The molecular formula is C49H64N4O5. The van der Waals surface area contributed by atoms with E-state index in [2.05, 4.69) is 99.6 Å². The summed E-state index contributed by atoms with van der Waals surface area (Å²) in [5.74, 6) is -1.12. The molecule has 9 nitrogen and oxygen atoms in total. The first-order valence-electron chi connectivity index (χ1n) is 21.4. The molecule has 58 heavy (non-hydrogen) atoms. The highest BCUT2D eigenvalue weighted by molar-refractivity contribution is 6.24. The van der Waals surface area contributed by atoms with Crippen molar-refractivity contribution in [3.8, 4) is 0 Å². The van der Waals surface area contributed by atoms with Crippen LogP contribution in [-0.2, 0) is 25.5 Å². The minimum atomic E-state index is -1.14. The van der Waals surface area contributed by atoms with E-state index in [1.807, 2.05) is 19.1 Å². The third-order valence-electron chi connectivity index (χ3n) is 12.7. The van der Waals surface area contributed by atoms with Gasteiger partial charge in [0, 0.05) is 68.6 Å². The molecule has 0 aromatic carbocycles. The van der Waals surface area contributed by atoms with E-state index < -0.39 is 11.9 Å². The van der Waals surface area contributed by atoms with Gasteiger partial charge in [-0.15, -0.1) is 0 Å². The molecule has 5 heterocycles. The number of esters is 2. The molecule has 1 aliphatic carbocycles. The number of ketones is 1. The van der Waals surface area contributed by atoms with Crippen LogP contribution in [0.2, 0.25) is 0 Å². The Hall–Kier alpha value is -5.05. The van der Waals surface area contributed by atoms with Gasteiger partial charge in [0.15, 0.2) is 5.78 Å². The smallest absolute Gasteiger partial charge is 0.321 e. The van der Waals surface area contributed by atoms with Crippen molar-refractivity contribution in [2.75, 3.05) is 13.7 Å². The number of carbonyl (C=O) groups is 3. The first-order valence-corrected chi connectivity index (χ1v) is 21.4. The molecule has 8 bridgehead atoms. The van der Waals surface area contributed by atoms with E-state index in [0.29, 0.717) is 23.3 Å². The predicted molar refractivity (Wildman–Crippen MR) is 234 cm³/mol. The first-order chi connectivity index (χ1) is 27.8. The van der Waals surface area contributed by atoms with Gasteiger partial charge in [-0.3, -0.25) is 14.4 Å². The third-order valence-corrected chi connectivity index (χ3v) is 12.7. The maximum atomic E-state index is 14.3. The van der Waals surface area contributed by atoms with Crippen molar-refractivity contribution >= 4 is 47.6 Å². The average Bonchev–Trinajstić information content (AvgIpc) is 3.95. The van der Waals surface area contributed by atoms with Gasteiger partial charge in [-0.25, -0.2) is 0 Å². The summed E-state index contributed by atoms with van der Waals surface area (Å²) in [6.07, 6.45) is 18.8. The minimum Gasteiger partial charge on any atom is -0.468 e. The fraction of sp³-hybridized carbons (Fsp3) is 0.490. The summed E-state index contributed by atoms with van der Waals surface area (Å²) in [5.41, 5.74) is 11.3. The summed E-state index contributed by atoms with van der Waals surface area (Å²) in [5, 5.41) is 5.62. The SMILES string of the molecule is C=Cc1cc2[nH]c1/C=c1\[nH]/c(c(CC)c1C)=C\c1[nH]c3c(c1C)C(=O)[C@H](C(=O)OC)/C3=C1/N/C(=C\2)[C@@H](C)[C@@H]1CCC(=O)OC/C=C(\C)CCC[C@H](C)CCCC(C)C. The zero-order valence-electron chi connectivity index (χ0n) is 36.2. The van der Waals surface area contributed by atoms with Crippen molar-refractivity contribution in [3.63, 3.8) is 0 Å². The lowest BCUT2D eigenvalue weighted by Gasteiger charge is -2.19. The van der Waals surface area contributed by atoms with Gasteiger partial charge in [0.25, 0.3) is 0 Å². The number of aromatic nitrogens is 3. The van der Waals surface area contributed by atoms with Crippen LogP contribution >= 0.6 is 0 Å². The van der Waals surface area contributed by atoms with Gasteiger partial charge in [-0.05, 0) is 111 Å². The molecule has 1 fully saturated rings. The number of hydrogen-bond donors (Lipinski definition) is 4. The summed E-state index contributed by atoms with van der Waals surface area (Å²) in [4.78, 5) is 52.0. The number of fused-ring (bicyclic) bond motifs is 7. The summed E-state index contributed by atoms with van der Waals surface area (Å²) in [6.45, 7) is 21.7. The van der Waals surface area contributed by atoms with Crippen LogP contribution in [0, 0.1) is 43.4 Å². The van der Waals surface area contributed by atoms with E-state index >= 15 is 0 Å². The van der Waals surface area contributed by atoms with Crippen molar-refractivity contribution in [2.45, 2.75) is 113 Å².